The van der Waals surface area contributed by atoms with E-state index in [0.717, 1.165) is 35.3 Å². The van der Waals surface area contributed by atoms with Crippen LogP contribution in [0, 0.1) is 6.92 Å². The lowest BCUT2D eigenvalue weighted by Gasteiger charge is -2.18. The van der Waals surface area contributed by atoms with E-state index in [-0.39, 0.29) is 0 Å². The summed E-state index contributed by atoms with van der Waals surface area (Å²) in [7, 11) is 0. The molecular formula is C58H40N2. The van der Waals surface area contributed by atoms with Crippen LogP contribution in [0.15, 0.2) is 200 Å². The fourth-order valence-corrected chi connectivity index (χ4v) is 9.70. The van der Waals surface area contributed by atoms with E-state index >= 15 is 0 Å². The number of para-hydroxylation sites is 2. The second kappa shape index (κ2) is 13.8. The maximum atomic E-state index is 5.14. The number of nitrogens with zero attached hydrogens (tertiary/aromatic N) is 2. The number of allylic oxidation sites excluding steroid dienone is 4. The second-order valence-corrected chi connectivity index (χ2v) is 16.3. The summed E-state index contributed by atoms with van der Waals surface area (Å²) in [4.78, 5) is 5.14. The fraction of sp³-hybridized carbons (Fsp3) is 0.0517. The lowest BCUT2D eigenvalue weighted by Crippen LogP contribution is -2.01. The number of hydrogen-bond acceptors (Lipinski definition) is 1. The average Bonchev–Trinajstić information content (AvgIpc) is 3.70. The van der Waals surface area contributed by atoms with Crippen LogP contribution in [0.4, 0.5) is 0 Å². The molecule has 0 radical (unpaired) electrons. The summed E-state index contributed by atoms with van der Waals surface area (Å²) in [6, 6.07) is 67.5. The summed E-state index contributed by atoms with van der Waals surface area (Å²) in [5.41, 5.74) is 13.3. The second-order valence-electron chi connectivity index (χ2n) is 16.3. The van der Waals surface area contributed by atoms with Crippen LogP contribution >= 0.6 is 0 Å². The molecule has 0 N–H and O–H groups in total. The number of aromatic nitrogens is 2. The van der Waals surface area contributed by atoms with Crippen molar-refractivity contribution in [3.05, 3.63) is 206 Å². The third-order valence-corrected chi connectivity index (χ3v) is 12.6. The van der Waals surface area contributed by atoms with Gasteiger partial charge in [0, 0.05) is 11.3 Å². The molecule has 1 aliphatic rings. The smallest absolute Gasteiger partial charge is 0.145 e. The van der Waals surface area contributed by atoms with Crippen molar-refractivity contribution < 1.29 is 0 Å². The molecule has 1 heterocycles. The zero-order valence-electron chi connectivity index (χ0n) is 33.4. The minimum absolute atomic E-state index is 0.995. The highest BCUT2D eigenvalue weighted by Crippen LogP contribution is 2.45. The fourth-order valence-electron chi connectivity index (χ4n) is 9.70. The van der Waals surface area contributed by atoms with Crippen LogP contribution in [-0.2, 0) is 0 Å². The van der Waals surface area contributed by atoms with Crippen LogP contribution in [0.1, 0.15) is 18.4 Å². The van der Waals surface area contributed by atoms with Crippen LogP contribution < -0.4 is 0 Å². The third kappa shape index (κ3) is 5.67. The summed E-state index contributed by atoms with van der Waals surface area (Å²) >= 11 is 0. The summed E-state index contributed by atoms with van der Waals surface area (Å²) in [6.45, 7) is 2.16. The zero-order chi connectivity index (χ0) is 39.7. The van der Waals surface area contributed by atoms with E-state index < -0.39 is 0 Å². The maximum Gasteiger partial charge on any atom is 0.145 e. The Morgan fingerprint density at radius 3 is 1.43 bits per heavy atom. The van der Waals surface area contributed by atoms with Crippen molar-refractivity contribution in [3.8, 4) is 44.8 Å². The summed E-state index contributed by atoms with van der Waals surface area (Å²) in [5.74, 6) is 0.995. The molecule has 10 aromatic carbocycles. The molecule has 0 bridgehead atoms. The van der Waals surface area contributed by atoms with Gasteiger partial charge in [0.15, 0.2) is 0 Å². The molecule has 60 heavy (non-hydrogen) atoms. The van der Waals surface area contributed by atoms with E-state index in [9.17, 15) is 0 Å². The first-order valence-corrected chi connectivity index (χ1v) is 21.0. The Balaban J connectivity index is 0.918. The highest BCUT2D eigenvalue weighted by Gasteiger charge is 2.19. The first-order chi connectivity index (χ1) is 29.6. The van der Waals surface area contributed by atoms with Gasteiger partial charge in [0.2, 0.25) is 0 Å². The van der Waals surface area contributed by atoms with Crippen LogP contribution in [-0.4, -0.2) is 9.55 Å². The molecule has 1 aliphatic carbocycles. The van der Waals surface area contributed by atoms with Crippen molar-refractivity contribution in [2.24, 2.45) is 0 Å². The van der Waals surface area contributed by atoms with Gasteiger partial charge >= 0.3 is 0 Å². The van der Waals surface area contributed by atoms with Gasteiger partial charge in [0.1, 0.15) is 5.82 Å². The Morgan fingerprint density at radius 1 is 0.433 bits per heavy atom. The van der Waals surface area contributed by atoms with E-state index in [4.69, 9.17) is 4.98 Å². The first-order valence-electron chi connectivity index (χ1n) is 21.0. The predicted molar refractivity (Wildman–Crippen MR) is 256 cm³/mol. The van der Waals surface area contributed by atoms with E-state index in [0.29, 0.717) is 0 Å². The Morgan fingerprint density at radius 2 is 0.883 bits per heavy atom. The zero-order valence-corrected chi connectivity index (χ0v) is 33.4. The molecule has 0 atom stereocenters. The molecule has 282 valence electrons. The van der Waals surface area contributed by atoms with E-state index in [2.05, 4.69) is 212 Å². The third-order valence-electron chi connectivity index (χ3n) is 12.6. The minimum Gasteiger partial charge on any atom is -0.296 e. The first kappa shape index (κ1) is 34.5. The van der Waals surface area contributed by atoms with Crippen molar-refractivity contribution in [1.82, 2.24) is 9.55 Å². The molecule has 1 aromatic heterocycles. The van der Waals surface area contributed by atoms with Gasteiger partial charge in [-0.1, -0.05) is 157 Å². The van der Waals surface area contributed by atoms with Crippen LogP contribution in [0.25, 0.3) is 115 Å². The Hall–Kier alpha value is -7.55. The number of fused-ring (bicyclic) bond motifs is 6. The quantitative estimate of drug-likeness (QED) is 0.160. The predicted octanol–water partition coefficient (Wildman–Crippen LogP) is 16.0. The number of hydrogen-bond donors (Lipinski definition) is 0. The topological polar surface area (TPSA) is 17.8 Å². The van der Waals surface area contributed by atoms with Gasteiger partial charge in [0.25, 0.3) is 0 Å². The molecule has 0 fully saturated rings. The standard InChI is InChI=1S/C58H40N2/c1-37-19-20-39-34-46(28-25-38(39)31-37)56-50-13-5-7-15-52(50)57(53-16-8-6-14-51(53)56)47-29-26-42-32-40(21-23-44(42)35-47)41-22-24-45-36-48(30-27-43(45)33-41)58-59-54-17-9-10-18-55(54)60(58)49-11-3-2-4-12-49/h2-3,5-11,13-36H,4,12H2,1H3. The summed E-state index contributed by atoms with van der Waals surface area (Å²) < 4.78 is 2.35. The lowest BCUT2D eigenvalue weighted by molar-refractivity contribution is 0.960. The maximum absolute atomic E-state index is 5.14. The molecule has 0 saturated carbocycles. The molecule has 0 spiro atoms. The highest BCUT2D eigenvalue weighted by molar-refractivity contribution is 6.22. The van der Waals surface area contributed by atoms with E-state index in [1.807, 2.05) is 0 Å². The highest BCUT2D eigenvalue weighted by atomic mass is 15.1. The summed E-state index contributed by atoms with van der Waals surface area (Å²) in [5, 5.41) is 12.5. The number of aryl methyl sites for hydroxylation is 1. The molecule has 11 aromatic rings. The van der Waals surface area contributed by atoms with E-state index in [1.54, 1.807) is 0 Å². The molecule has 0 aliphatic heterocycles. The average molecular weight is 765 g/mol. The molecule has 0 saturated heterocycles. The number of imidazole rings is 1. The molecule has 2 heteroatoms. The Kier molecular flexibility index (Phi) is 7.93. The molecule has 0 amide bonds. The molecule has 2 nitrogen and oxygen atoms in total. The van der Waals surface area contributed by atoms with Crippen molar-refractivity contribution in [1.29, 1.82) is 0 Å². The number of rotatable bonds is 5. The molecule has 0 unspecified atom stereocenters. The molecule has 12 rings (SSSR count). The van der Waals surface area contributed by atoms with Crippen molar-refractivity contribution in [3.63, 3.8) is 0 Å². The van der Waals surface area contributed by atoms with Gasteiger partial charge in [-0.2, -0.15) is 0 Å². The normalized spacial score (nSPS) is 13.0. The van der Waals surface area contributed by atoms with Gasteiger partial charge in [0.05, 0.1) is 11.0 Å². The monoisotopic (exact) mass is 764 g/mol. The van der Waals surface area contributed by atoms with Crippen molar-refractivity contribution in [2.45, 2.75) is 19.8 Å². The van der Waals surface area contributed by atoms with Gasteiger partial charge in [-0.05, 0) is 156 Å². The van der Waals surface area contributed by atoms with Crippen LogP contribution in [0.2, 0.25) is 0 Å². The minimum atomic E-state index is 0.995. The van der Waals surface area contributed by atoms with Gasteiger partial charge in [-0.3, -0.25) is 4.57 Å². The van der Waals surface area contributed by atoms with Crippen molar-refractivity contribution in [2.75, 3.05) is 0 Å². The summed E-state index contributed by atoms with van der Waals surface area (Å²) in [6.07, 6.45) is 8.68. The van der Waals surface area contributed by atoms with Crippen LogP contribution in [0.5, 0.6) is 0 Å². The molecular weight excluding hydrogens is 725 g/mol. The van der Waals surface area contributed by atoms with Crippen LogP contribution in [0.3, 0.4) is 0 Å². The number of benzene rings is 10. The Bertz CT molecular complexity index is 3560. The van der Waals surface area contributed by atoms with Gasteiger partial charge in [-0.25, -0.2) is 4.98 Å². The van der Waals surface area contributed by atoms with Gasteiger partial charge < -0.3 is 0 Å². The van der Waals surface area contributed by atoms with E-state index in [1.165, 1.54) is 98.5 Å². The van der Waals surface area contributed by atoms with Gasteiger partial charge in [-0.15, -0.1) is 0 Å². The largest absolute Gasteiger partial charge is 0.296 e. The Labute approximate surface area is 349 Å². The van der Waals surface area contributed by atoms with Crippen molar-refractivity contribution >= 4 is 70.6 Å². The lowest BCUT2D eigenvalue weighted by atomic mass is 9.85. The SMILES string of the molecule is Cc1ccc2cc(-c3c4ccccc4c(-c4ccc5cc(-c6ccc7cc(-c8nc9ccccc9n8C8=CC=CCC8)ccc7c6)ccc5c4)c4ccccc34)ccc2c1.